The molecule has 202 valence electrons. The summed E-state index contributed by atoms with van der Waals surface area (Å²) in [6, 6.07) is 6.33. The number of halogens is 3. The van der Waals surface area contributed by atoms with Crippen molar-refractivity contribution in [1.29, 1.82) is 5.26 Å². The normalized spacial score (nSPS) is 15.4. The molecule has 0 atom stereocenters. The van der Waals surface area contributed by atoms with Gasteiger partial charge in [0.2, 0.25) is 10.0 Å². The Hall–Kier alpha value is -2.84. The Morgan fingerprint density at radius 3 is 2.35 bits per heavy atom. The van der Waals surface area contributed by atoms with Crippen LogP contribution in [0.25, 0.3) is 11.3 Å². The van der Waals surface area contributed by atoms with E-state index in [-0.39, 0.29) is 35.0 Å². The lowest BCUT2D eigenvalue weighted by Crippen LogP contribution is -2.41. The third-order valence-electron chi connectivity index (χ3n) is 6.17. The van der Waals surface area contributed by atoms with E-state index in [2.05, 4.69) is 4.72 Å². The van der Waals surface area contributed by atoms with Gasteiger partial charge in [0.25, 0.3) is 0 Å². The highest BCUT2D eigenvalue weighted by Crippen LogP contribution is 2.39. The van der Waals surface area contributed by atoms with Crippen LogP contribution in [0.1, 0.15) is 81.4 Å². The number of aromatic nitrogens is 1. The van der Waals surface area contributed by atoms with Crippen molar-refractivity contribution >= 4 is 16.0 Å². The molecule has 7 nitrogen and oxygen atoms in total. The van der Waals surface area contributed by atoms with Crippen molar-refractivity contribution in [2.75, 3.05) is 6.61 Å². The number of rotatable bonds is 7. The number of hydrogen-bond donors (Lipinski definition) is 1. The molecule has 11 heteroatoms. The standard InChI is InChI=1S/C26H32F3N3O4S/c1-5-36-24(33)19-14-21(32(22(19)15-30)16-17-9-7-6-8-10-17)18-11-12-23(20(13-18)26(27,28)29)37(34,35)31-25(2,3)4/h11-14,17,31H,5-10,16H2,1-4H3. The second-order valence-electron chi connectivity index (χ2n) is 10.3. The number of carbonyl (C=O) groups excluding carboxylic acids is 1. The van der Waals surface area contributed by atoms with Gasteiger partial charge in [0.05, 0.1) is 22.6 Å². The molecule has 1 heterocycles. The third-order valence-corrected chi connectivity index (χ3v) is 7.99. The molecule has 1 aromatic carbocycles. The predicted molar refractivity (Wildman–Crippen MR) is 132 cm³/mol. The molecule has 1 aliphatic rings. The Balaban J connectivity index is 2.22. The number of hydrogen-bond acceptors (Lipinski definition) is 5. The molecule has 3 rings (SSSR count). The molecule has 0 amide bonds. The molecular weight excluding hydrogens is 507 g/mol. The summed E-state index contributed by atoms with van der Waals surface area (Å²) in [6.07, 6.45) is -0.0389. The van der Waals surface area contributed by atoms with Gasteiger partial charge >= 0.3 is 12.1 Å². The SMILES string of the molecule is CCOC(=O)c1cc(-c2ccc(S(=O)(=O)NC(C)(C)C)c(C(F)(F)F)c2)n(CC2CCCCC2)c1C#N. The lowest BCUT2D eigenvalue weighted by molar-refractivity contribution is -0.139. The summed E-state index contributed by atoms with van der Waals surface area (Å²) in [4.78, 5) is 11.7. The molecule has 0 saturated heterocycles. The van der Waals surface area contributed by atoms with Crippen LogP contribution in [0.15, 0.2) is 29.2 Å². The van der Waals surface area contributed by atoms with Crippen LogP contribution >= 0.6 is 0 Å². The lowest BCUT2D eigenvalue weighted by atomic mass is 9.89. The van der Waals surface area contributed by atoms with Gasteiger partial charge in [-0.3, -0.25) is 0 Å². The van der Waals surface area contributed by atoms with Crippen molar-refractivity contribution < 1.29 is 31.1 Å². The highest BCUT2D eigenvalue weighted by atomic mass is 32.2. The van der Waals surface area contributed by atoms with Crippen molar-refractivity contribution in [3.05, 3.63) is 41.1 Å². The van der Waals surface area contributed by atoms with E-state index in [1.54, 1.807) is 11.5 Å². The van der Waals surface area contributed by atoms with Gasteiger partial charge in [0.1, 0.15) is 11.8 Å². The van der Waals surface area contributed by atoms with Gasteiger partial charge in [0, 0.05) is 17.8 Å². The van der Waals surface area contributed by atoms with Crippen LogP contribution in [-0.2, 0) is 27.5 Å². The van der Waals surface area contributed by atoms with Crippen LogP contribution in [0.4, 0.5) is 13.2 Å². The molecule has 0 spiro atoms. The number of alkyl halides is 3. The molecule has 0 radical (unpaired) electrons. The minimum atomic E-state index is -4.97. The molecule has 1 saturated carbocycles. The summed E-state index contributed by atoms with van der Waals surface area (Å²) < 4.78 is 77.0. The molecule has 37 heavy (non-hydrogen) atoms. The average Bonchev–Trinajstić information content (AvgIpc) is 3.15. The Kier molecular flexibility index (Phi) is 8.44. The van der Waals surface area contributed by atoms with Crippen LogP contribution in [0.2, 0.25) is 0 Å². The molecule has 1 aliphatic carbocycles. The second kappa shape index (κ2) is 10.9. The van der Waals surface area contributed by atoms with Crippen molar-refractivity contribution in [2.45, 2.75) is 83.0 Å². The van der Waals surface area contributed by atoms with Crippen LogP contribution in [0, 0.1) is 17.2 Å². The van der Waals surface area contributed by atoms with Crippen LogP contribution in [-0.4, -0.2) is 31.1 Å². The Morgan fingerprint density at radius 2 is 1.81 bits per heavy atom. The third kappa shape index (κ3) is 6.73. The van der Waals surface area contributed by atoms with Crippen molar-refractivity contribution in [3.63, 3.8) is 0 Å². The zero-order valence-electron chi connectivity index (χ0n) is 21.4. The fourth-order valence-electron chi connectivity index (χ4n) is 4.69. The van der Waals surface area contributed by atoms with Gasteiger partial charge in [-0.1, -0.05) is 25.3 Å². The maximum Gasteiger partial charge on any atom is 0.417 e. The number of nitrogens with one attached hydrogen (secondary N) is 1. The summed E-state index contributed by atoms with van der Waals surface area (Å²) in [5, 5.41) is 9.90. The predicted octanol–water partition coefficient (Wildman–Crippen LogP) is 5.88. The largest absolute Gasteiger partial charge is 0.462 e. The number of ether oxygens (including phenoxy) is 1. The molecule has 2 aromatic rings. The summed E-state index contributed by atoms with van der Waals surface area (Å²) in [5.74, 6) is -0.549. The number of sulfonamides is 1. The Bertz CT molecular complexity index is 1300. The Labute approximate surface area is 215 Å². The summed E-state index contributed by atoms with van der Waals surface area (Å²) in [6.45, 7) is 6.63. The highest BCUT2D eigenvalue weighted by molar-refractivity contribution is 7.89. The van der Waals surface area contributed by atoms with E-state index in [4.69, 9.17) is 4.74 Å². The summed E-state index contributed by atoms with van der Waals surface area (Å²) in [5.41, 5.74) is -2.07. The van der Waals surface area contributed by atoms with E-state index in [0.29, 0.717) is 6.54 Å². The van der Waals surface area contributed by atoms with Crippen LogP contribution in [0.5, 0.6) is 0 Å². The van der Waals surface area contributed by atoms with E-state index in [1.165, 1.54) is 32.9 Å². The monoisotopic (exact) mass is 539 g/mol. The fourth-order valence-corrected chi connectivity index (χ4v) is 6.32. The molecule has 1 aromatic heterocycles. The number of carbonyl (C=O) groups is 1. The minimum Gasteiger partial charge on any atom is -0.462 e. The van der Waals surface area contributed by atoms with E-state index in [9.17, 15) is 31.6 Å². The van der Waals surface area contributed by atoms with Gasteiger partial charge < -0.3 is 9.30 Å². The first-order valence-electron chi connectivity index (χ1n) is 12.2. The number of nitriles is 1. The molecule has 1 N–H and O–H groups in total. The van der Waals surface area contributed by atoms with Crippen molar-refractivity contribution in [1.82, 2.24) is 9.29 Å². The summed E-state index contributed by atoms with van der Waals surface area (Å²) in [7, 11) is -4.50. The number of benzene rings is 1. The summed E-state index contributed by atoms with van der Waals surface area (Å²) >= 11 is 0. The molecular formula is C26H32F3N3O4S. The van der Waals surface area contributed by atoms with Crippen molar-refractivity contribution in [3.8, 4) is 17.3 Å². The topological polar surface area (TPSA) is 101 Å². The fraction of sp³-hybridized carbons (Fsp3) is 0.538. The van der Waals surface area contributed by atoms with Gasteiger partial charge in [0.15, 0.2) is 0 Å². The maximum absolute atomic E-state index is 14.1. The molecule has 0 bridgehead atoms. The first-order chi connectivity index (χ1) is 17.2. The molecule has 0 aliphatic heterocycles. The van der Waals surface area contributed by atoms with Gasteiger partial charge in [-0.2, -0.15) is 18.4 Å². The van der Waals surface area contributed by atoms with E-state index in [0.717, 1.165) is 44.2 Å². The van der Waals surface area contributed by atoms with Gasteiger partial charge in [-0.25, -0.2) is 17.9 Å². The van der Waals surface area contributed by atoms with Crippen molar-refractivity contribution in [2.24, 2.45) is 5.92 Å². The van der Waals surface area contributed by atoms with E-state index < -0.39 is 38.2 Å². The quantitative estimate of drug-likeness (QED) is 0.443. The molecule has 1 fully saturated rings. The highest BCUT2D eigenvalue weighted by Gasteiger charge is 2.39. The van der Waals surface area contributed by atoms with E-state index in [1.807, 2.05) is 6.07 Å². The first kappa shape index (κ1) is 28.7. The average molecular weight is 540 g/mol. The first-order valence-corrected chi connectivity index (χ1v) is 13.7. The maximum atomic E-state index is 14.1. The Morgan fingerprint density at radius 1 is 1.16 bits per heavy atom. The number of nitrogens with zero attached hydrogens (tertiary/aromatic N) is 2. The minimum absolute atomic E-state index is 0.0127. The van der Waals surface area contributed by atoms with Crippen LogP contribution < -0.4 is 4.72 Å². The zero-order valence-corrected chi connectivity index (χ0v) is 22.2. The molecule has 0 unspecified atom stereocenters. The van der Waals surface area contributed by atoms with Gasteiger partial charge in [-0.05, 0) is 70.2 Å². The zero-order chi connectivity index (χ0) is 27.6. The van der Waals surface area contributed by atoms with Gasteiger partial charge in [-0.15, -0.1) is 0 Å². The van der Waals surface area contributed by atoms with Crippen LogP contribution in [0.3, 0.4) is 0 Å². The second-order valence-corrected chi connectivity index (χ2v) is 12.0. The smallest absolute Gasteiger partial charge is 0.417 e. The number of esters is 1. The van der Waals surface area contributed by atoms with E-state index >= 15 is 0 Å². The lowest BCUT2D eigenvalue weighted by Gasteiger charge is -2.24.